The normalized spacial score (nSPS) is 10.5. The quantitative estimate of drug-likeness (QED) is 0.767. The van der Waals surface area contributed by atoms with Gasteiger partial charge in [-0.3, -0.25) is 4.79 Å². The van der Waals surface area contributed by atoms with Crippen LogP contribution in [0.3, 0.4) is 0 Å². The fourth-order valence-electron chi connectivity index (χ4n) is 1.89. The van der Waals surface area contributed by atoms with Crippen molar-refractivity contribution in [3.05, 3.63) is 40.9 Å². The van der Waals surface area contributed by atoms with Gasteiger partial charge in [0.1, 0.15) is 5.01 Å². The van der Waals surface area contributed by atoms with Gasteiger partial charge in [-0.2, -0.15) is 0 Å². The van der Waals surface area contributed by atoms with E-state index in [9.17, 15) is 4.79 Å². The Bertz CT molecular complexity index is 580. The molecular weight excluding hydrogens is 274 g/mol. The summed E-state index contributed by atoms with van der Waals surface area (Å²) in [5, 5.41) is 2.94. The number of hydrogen-bond acceptors (Lipinski definition) is 5. The van der Waals surface area contributed by atoms with Crippen LogP contribution in [0.25, 0.3) is 10.6 Å². The second-order valence-corrected chi connectivity index (χ2v) is 5.17. The zero-order valence-electron chi connectivity index (χ0n) is 11.6. The van der Waals surface area contributed by atoms with Crippen molar-refractivity contribution < 1.29 is 14.3 Å². The number of hydrogen-bond donors (Lipinski definition) is 0. The van der Waals surface area contributed by atoms with Crippen LogP contribution in [-0.4, -0.2) is 25.2 Å². The number of methoxy groups -OCH3 is 2. The van der Waals surface area contributed by atoms with E-state index in [1.165, 1.54) is 7.11 Å². The van der Waals surface area contributed by atoms with E-state index in [-0.39, 0.29) is 5.97 Å². The number of carbonyl (C=O) groups excluding carboxylic acids is 1. The largest absolute Gasteiger partial charge is 0.469 e. The van der Waals surface area contributed by atoms with Crippen LogP contribution in [0.5, 0.6) is 0 Å². The lowest BCUT2D eigenvalue weighted by atomic mass is 10.1. The van der Waals surface area contributed by atoms with Gasteiger partial charge in [-0.15, -0.1) is 11.3 Å². The van der Waals surface area contributed by atoms with Crippen molar-refractivity contribution in [2.75, 3.05) is 14.2 Å². The molecule has 0 aliphatic rings. The maximum Gasteiger partial charge on any atom is 0.305 e. The van der Waals surface area contributed by atoms with Gasteiger partial charge < -0.3 is 9.47 Å². The standard InChI is InChI=1S/C15H17NO3S/c1-18-9-11-5-3-4-6-13(11)15-16-12(10-20-15)7-8-14(17)19-2/h3-6,10H,7-9H2,1-2H3. The minimum atomic E-state index is -0.209. The molecule has 1 heterocycles. The van der Waals surface area contributed by atoms with E-state index in [1.54, 1.807) is 18.4 Å². The summed E-state index contributed by atoms with van der Waals surface area (Å²) in [6.45, 7) is 0.563. The fraction of sp³-hybridized carbons (Fsp3) is 0.333. The topological polar surface area (TPSA) is 48.4 Å². The molecule has 0 unspecified atom stereocenters. The smallest absolute Gasteiger partial charge is 0.305 e. The molecular formula is C15H17NO3S. The minimum absolute atomic E-state index is 0.209. The zero-order valence-corrected chi connectivity index (χ0v) is 12.4. The van der Waals surface area contributed by atoms with E-state index < -0.39 is 0 Å². The highest BCUT2D eigenvalue weighted by Crippen LogP contribution is 2.27. The molecule has 5 heteroatoms. The molecule has 0 atom stereocenters. The van der Waals surface area contributed by atoms with Crippen LogP contribution in [-0.2, 0) is 27.3 Å². The van der Waals surface area contributed by atoms with Crippen LogP contribution in [0.2, 0.25) is 0 Å². The SMILES string of the molecule is COCc1ccccc1-c1nc(CCC(=O)OC)cs1. The molecule has 0 saturated heterocycles. The predicted molar refractivity (Wildman–Crippen MR) is 78.6 cm³/mol. The molecule has 1 aromatic carbocycles. The van der Waals surface area contributed by atoms with Crippen LogP contribution in [0.15, 0.2) is 29.6 Å². The number of rotatable bonds is 6. The molecule has 0 N–H and O–H groups in total. The van der Waals surface area contributed by atoms with E-state index >= 15 is 0 Å². The first-order valence-corrected chi connectivity index (χ1v) is 7.21. The molecule has 0 saturated carbocycles. The highest BCUT2D eigenvalue weighted by Gasteiger charge is 2.10. The number of aromatic nitrogens is 1. The summed E-state index contributed by atoms with van der Waals surface area (Å²) in [5.74, 6) is -0.209. The summed E-state index contributed by atoms with van der Waals surface area (Å²) in [4.78, 5) is 15.7. The average Bonchev–Trinajstić information content (AvgIpc) is 2.94. The van der Waals surface area contributed by atoms with E-state index in [4.69, 9.17) is 4.74 Å². The number of aryl methyl sites for hydroxylation is 1. The number of nitrogens with zero attached hydrogens (tertiary/aromatic N) is 1. The number of carbonyl (C=O) groups is 1. The monoisotopic (exact) mass is 291 g/mol. The Kier molecular flexibility index (Phi) is 5.26. The lowest BCUT2D eigenvalue weighted by Crippen LogP contribution is -2.02. The third kappa shape index (κ3) is 3.65. The summed E-state index contributed by atoms with van der Waals surface area (Å²) >= 11 is 1.58. The van der Waals surface area contributed by atoms with E-state index in [1.807, 2.05) is 29.6 Å². The highest BCUT2D eigenvalue weighted by atomic mass is 32.1. The predicted octanol–water partition coefficient (Wildman–Crippen LogP) is 3.06. The molecule has 0 bridgehead atoms. The molecule has 0 fully saturated rings. The van der Waals surface area contributed by atoms with Crippen molar-refractivity contribution in [2.45, 2.75) is 19.4 Å². The van der Waals surface area contributed by atoms with Crippen molar-refractivity contribution in [1.82, 2.24) is 4.98 Å². The third-order valence-corrected chi connectivity index (χ3v) is 3.84. The summed E-state index contributed by atoms with van der Waals surface area (Å²) in [6, 6.07) is 8.05. The van der Waals surface area contributed by atoms with Gasteiger partial charge >= 0.3 is 5.97 Å². The van der Waals surface area contributed by atoms with E-state index in [0.29, 0.717) is 19.4 Å². The van der Waals surface area contributed by atoms with Gasteiger partial charge in [0.2, 0.25) is 0 Å². The Morgan fingerprint density at radius 3 is 2.85 bits per heavy atom. The molecule has 0 aliphatic heterocycles. The number of thiazole rings is 1. The number of ether oxygens (including phenoxy) is 2. The number of benzene rings is 1. The first-order valence-electron chi connectivity index (χ1n) is 6.33. The fourth-order valence-corrected chi connectivity index (χ4v) is 2.80. The molecule has 106 valence electrons. The van der Waals surface area contributed by atoms with Crippen LogP contribution in [0, 0.1) is 0 Å². The van der Waals surface area contributed by atoms with Crippen molar-refractivity contribution in [2.24, 2.45) is 0 Å². The zero-order chi connectivity index (χ0) is 14.4. The van der Waals surface area contributed by atoms with Gasteiger partial charge in [-0.05, 0) is 5.56 Å². The Morgan fingerprint density at radius 1 is 1.30 bits per heavy atom. The van der Waals surface area contributed by atoms with Crippen molar-refractivity contribution in [1.29, 1.82) is 0 Å². The van der Waals surface area contributed by atoms with Crippen LogP contribution in [0.4, 0.5) is 0 Å². The lowest BCUT2D eigenvalue weighted by molar-refractivity contribution is -0.140. The minimum Gasteiger partial charge on any atom is -0.469 e. The summed E-state index contributed by atoms with van der Waals surface area (Å²) in [7, 11) is 3.08. The Labute approximate surface area is 122 Å². The van der Waals surface area contributed by atoms with Gasteiger partial charge in [0.25, 0.3) is 0 Å². The van der Waals surface area contributed by atoms with Crippen LogP contribution in [0.1, 0.15) is 17.7 Å². The third-order valence-electron chi connectivity index (χ3n) is 2.91. The van der Waals surface area contributed by atoms with Gasteiger partial charge in [-0.1, -0.05) is 24.3 Å². The second-order valence-electron chi connectivity index (χ2n) is 4.31. The summed E-state index contributed by atoms with van der Waals surface area (Å²) in [5.41, 5.74) is 3.12. The average molecular weight is 291 g/mol. The van der Waals surface area contributed by atoms with Crippen molar-refractivity contribution in [3.8, 4) is 10.6 Å². The summed E-state index contributed by atoms with van der Waals surface area (Å²) < 4.78 is 9.84. The van der Waals surface area contributed by atoms with Crippen LogP contribution < -0.4 is 0 Å². The maximum absolute atomic E-state index is 11.1. The van der Waals surface area contributed by atoms with E-state index in [2.05, 4.69) is 9.72 Å². The first-order chi connectivity index (χ1) is 9.74. The Morgan fingerprint density at radius 2 is 2.10 bits per heavy atom. The molecule has 4 nitrogen and oxygen atoms in total. The molecule has 20 heavy (non-hydrogen) atoms. The van der Waals surface area contributed by atoms with Gasteiger partial charge in [0.15, 0.2) is 0 Å². The van der Waals surface area contributed by atoms with E-state index in [0.717, 1.165) is 21.8 Å². The number of esters is 1. The van der Waals surface area contributed by atoms with Gasteiger partial charge in [0, 0.05) is 24.5 Å². The molecule has 2 aromatic rings. The van der Waals surface area contributed by atoms with Crippen molar-refractivity contribution >= 4 is 17.3 Å². The van der Waals surface area contributed by atoms with Gasteiger partial charge in [0.05, 0.1) is 25.8 Å². The molecule has 0 radical (unpaired) electrons. The summed E-state index contributed by atoms with van der Waals surface area (Å²) in [6.07, 6.45) is 0.967. The molecule has 0 aliphatic carbocycles. The lowest BCUT2D eigenvalue weighted by Gasteiger charge is -2.05. The molecule has 2 rings (SSSR count). The molecule has 0 spiro atoms. The van der Waals surface area contributed by atoms with Crippen LogP contribution >= 0.6 is 11.3 Å². The molecule has 0 amide bonds. The second kappa shape index (κ2) is 7.17. The highest BCUT2D eigenvalue weighted by molar-refractivity contribution is 7.13. The Balaban J connectivity index is 2.14. The van der Waals surface area contributed by atoms with Crippen molar-refractivity contribution in [3.63, 3.8) is 0 Å². The maximum atomic E-state index is 11.1. The van der Waals surface area contributed by atoms with Gasteiger partial charge in [-0.25, -0.2) is 4.98 Å². The molecule has 1 aromatic heterocycles. The first kappa shape index (κ1) is 14.7. The Hall–Kier alpha value is -1.72.